The predicted octanol–water partition coefficient (Wildman–Crippen LogP) is 3.54. The van der Waals surface area contributed by atoms with E-state index in [1.807, 2.05) is 36.4 Å². The number of hydrogen-bond donors (Lipinski definition) is 1. The third-order valence-electron chi connectivity index (χ3n) is 2.93. The Morgan fingerprint density at radius 1 is 1.29 bits per heavy atom. The van der Waals surface area contributed by atoms with E-state index >= 15 is 0 Å². The number of nitrogens with zero attached hydrogens (tertiary/aromatic N) is 1. The van der Waals surface area contributed by atoms with E-state index in [-0.39, 0.29) is 5.91 Å². The number of anilines is 1. The molecule has 2 aromatic rings. The molecule has 0 aromatic heterocycles. The highest BCUT2D eigenvalue weighted by atomic mass is 35.5. The third-order valence-corrected chi connectivity index (χ3v) is 3.24. The second-order valence-corrected chi connectivity index (χ2v) is 4.73. The molecular formula is C16H13ClN2O2. The molecule has 0 spiro atoms. The van der Waals surface area contributed by atoms with Gasteiger partial charge in [-0.05, 0) is 23.8 Å². The molecule has 0 saturated carbocycles. The Morgan fingerprint density at radius 2 is 2.00 bits per heavy atom. The van der Waals surface area contributed by atoms with Crippen molar-refractivity contribution in [3.05, 3.63) is 64.7 Å². The number of rotatable bonds is 4. The van der Waals surface area contributed by atoms with Gasteiger partial charge in [-0.25, -0.2) is 0 Å². The number of carbonyl (C=O) groups excluding carboxylic acids is 1. The summed E-state index contributed by atoms with van der Waals surface area (Å²) in [5.74, 6) is -0.324. The molecule has 1 amide bonds. The standard InChI is InChI=1S/C16H13ClN2O2/c1-21-15(12-5-3-2-4-6-12)16(20)19-14-8-7-11(10-18)9-13(14)17/h2-9,15H,1H3,(H,19,20). The summed E-state index contributed by atoms with van der Waals surface area (Å²) < 4.78 is 5.25. The first kappa shape index (κ1) is 15.0. The fourth-order valence-electron chi connectivity index (χ4n) is 1.91. The zero-order valence-electron chi connectivity index (χ0n) is 11.3. The lowest BCUT2D eigenvalue weighted by Gasteiger charge is -2.16. The van der Waals surface area contributed by atoms with Crippen molar-refractivity contribution in [2.45, 2.75) is 6.10 Å². The van der Waals surface area contributed by atoms with Gasteiger partial charge >= 0.3 is 0 Å². The van der Waals surface area contributed by atoms with Gasteiger partial charge in [0.2, 0.25) is 0 Å². The van der Waals surface area contributed by atoms with Gasteiger partial charge in [0.15, 0.2) is 6.10 Å². The van der Waals surface area contributed by atoms with E-state index < -0.39 is 6.10 Å². The number of nitrogens with one attached hydrogen (secondary N) is 1. The molecule has 0 aliphatic rings. The number of nitriles is 1. The molecule has 0 radical (unpaired) electrons. The van der Waals surface area contributed by atoms with Crippen LogP contribution in [0.3, 0.4) is 0 Å². The van der Waals surface area contributed by atoms with Crippen LogP contribution in [0.4, 0.5) is 5.69 Å². The van der Waals surface area contributed by atoms with Gasteiger partial charge < -0.3 is 10.1 Å². The third kappa shape index (κ3) is 3.60. The Balaban J connectivity index is 2.19. The van der Waals surface area contributed by atoms with E-state index in [4.69, 9.17) is 21.6 Å². The van der Waals surface area contributed by atoms with Crippen molar-refractivity contribution in [2.24, 2.45) is 0 Å². The average Bonchev–Trinajstić information content (AvgIpc) is 2.51. The Kier molecular flexibility index (Phi) is 4.94. The maximum absolute atomic E-state index is 12.3. The van der Waals surface area contributed by atoms with Gasteiger partial charge in [0.25, 0.3) is 5.91 Å². The van der Waals surface area contributed by atoms with Gasteiger partial charge in [-0.3, -0.25) is 4.79 Å². The van der Waals surface area contributed by atoms with Crippen LogP contribution in [0.25, 0.3) is 0 Å². The zero-order valence-corrected chi connectivity index (χ0v) is 12.1. The van der Waals surface area contributed by atoms with Gasteiger partial charge in [0.05, 0.1) is 22.3 Å². The molecule has 0 fully saturated rings. The normalized spacial score (nSPS) is 11.5. The average molecular weight is 301 g/mol. The fraction of sp³-hybridized carbons (Fsp3) is 0.125. The molecule has 0 heterocycles. The summed E-state index contributed by atoms with van der Waals surface area (Å²) in [5.41, 5.74) is 1.63. The van der Waals surface area contributed by atoms with Gasteiger partial charge in [0.1, 0.15) is 0 Å². The minimum atomic E-state index is -0.724. The molecule has 1 atom stereocenters. The molecule has 21 heavy (non-hydrogen) atoms. The molecule has 1 N–H and O–H groups in total. The minimum Gasteiger partial charge on any atom is -0.367 e. The van der Waals surface area contributed by atoms with Crippen LogP contribution in [0.15, 0.2) is 48.5 Å². The topological polar surface area (TPSA) is 62.1 Å². The van der Waals surface area contributed by atoms with E-state index in [0.717, 1.165) is 5.56 Å². The summed E-state index contributed by atoms with van der Waals surface area (Å²) >= 11 is 6.04. The number of halogens is 1. The summed E-state index contributed by atoms with van der Waals surface area (Å²) in [7, 11) is 1.47. The molecule has 2 aromatic carbocycles. The molecule has 5 heteroatoms. The molecule has 0 aliphatic heterocycles. The van der Waals surface area contributed by atoms with Crippen LogP contribution in [0.2, 0.25) is 5.02 Å². The van der Waals surface area contributed by atoms with Crippen LogP contribution >= 0.6 is 11.6 Å². The van der Waals surface area contributed by atoms with Crippen LogP contribution < -0.4 is 5.32 Å². The quantitative estimate of drug-likeness (QED) is 0.939. The molecule has 2 rings (SSSR count). The lowest BCUT2D eigenvalue weighted by molar-refractivity contribution is -0.126. The number of methoxy groups -OCH3 is 1. The largest absolute Gasteiger partial charge is 0.367 e. The van der Waals surface area contributed by atoms with Gasteiger partial charge in [-0.15, -0.1) is 0 Å². The van der Waals surface area contributed by atoms with Crippen molar-refractivity contribution in [1.82, 2.24) is 0 Å². The van der Waals surface area contributed by atoms with Crippen molar-refractivity contribution in [3.63, 3.8) is 0 Å². The van der Waals surface area contributed by atoms with E-state index in [9.17, 15) is 4.79 Å². The molecule has 0 aliphatic carbocycles. The van der Waals surface area contributed by atoms with Crippen molar-refractivity contribution in [1.29, 1.82) is 5.26 Å². The second-order valence-electron chi connectivity index (χ2n) is 4.32. The maximum Gasteiger partial charge on any atom is 0.258 e. The van der Waals surface area contributed by atoms with Crippen LogP contribution in [0.1, 0.15) is 17.2 Å². The number of hydrogen-bond acceptors (Lipinski definition) is 3. The molecule has 1 unspecified atom stereocenters. The zero-order chi connectivity index (χ0) is 15.2. The summed E-state index contributed by atoms with van der Waals surface area (Å²) in [6.07, 6.45) is -0.724. The molecule has 0 saturated heterocycles. The Bertz CT molecular complexity index is 680. The number of carbonyl (C=O) groups is 1. The summed E-state index contributed by atoms with van der Waals surface area (Å²) in [5, 5.41) is 11.8. The van der Waals surface area contributed by atoms with E-state index in [1.165, 1.54) is 13.2 Å². The lowest BCUT2D eigenvalue weighted by atomic mass is 10.1. The Hall–Kier alpha value is -2.35. The first-order chi connectivity index (χ1) is 10.2. The summed E-state index contributed by atoms with van der Waals surface area (Å²) in [4.78, 5) is 12.3. The first-order valence-electron chi connectivity index (χ1n) is 6.24. The summed E-state index contributed by atoms with van der Waals surface area (Å²) in [6.45, 7) is 0. The molecule has 4 nitrogen and oxygen atoms in total. The maximum atomic E-state index is 12.3. The van der Waals surface area contributed by atoms with Crippen LogP contribution in [-0.2, 0) is 9.53 Å². The highest BCUT2D eigenvalue weighted by Crippen LogP contribution is 2.25. The van der Waals surface area contributed by atoms with Gasteiger partial charge in [-0.2, -0.15) is 5.26 Å². The molecular weight excluding hydrogens is 288 g/mol. The minimum absolute atomic E-state index is 0.310. The molecule has 0 bridgehead atoms. The SMILES string of the molecule is COC(C(=O)Nc1ccc(C#N)cc1Cl)c1ccccc1. The predicted molar refractivity (Wildman–Crippen MR) is 81.0 cm³/mol. The van der Waals surface area contributed by atoms with Crippen molar-refractivity contribution in [2.75, 3.05) is 12.4 Å². The van der Waals surface area contributed by atoms with Crippen LogP contribution in [0.5, 0.6) is 0 Å². The van der Waals surface area contributed by atoms with E-state index in [0.29, 0.717) is 16.3 Å². The monoisotopic (exact) mass is 300 g/mol. The Morgan fingerprint density at radius 3 is 2.57 bits per heavy atom. The van der Waals surface area contributed by atoms with Crippen molar-refractivity contribution < 1.29 is 9.53 Å². The number of benzene rings is 2. The van der Waals surface area contributed by atoms with Crippen LogP contribution in [0, 0.1) is 11.3 Å². The van der Waals surface area contributed by atoms with Gasteiger partial charge in [0, 0.05) is 7.11 Å². The Labute approximate surface area is 127 Å². The highest BCUT2D eigenvalue weighted by Gasteiger charge is 2.20. The fourth-order valence-corrected chi connectivity index (χ4v) is 2.13. The smallest absolute Gasteiger partial charge is 0.258 e. The van der Waals surface area contributed by atoms with Crippen molar-refractivity contribution in [3.8, 4) is 6.07 Å². The summed E-state index contributed by atoms with van der Waals surface area (Å²) in [6, 6.07) is 15.8. The first-order valence-corrected chi connectivity index (χ1v) is 6.61. The number of amides is 1. The van der Waals surface area contributed by atoms with Gasteiger partial charge in [-0.1, -0.05) is 41.9 Å². The number of ether oxygens (including phenoxy) is 1. The molecule has 106 valence electrons. The highest BCUT2D eigenvalue weighted by molar-refractivity contribution is 6.33. The van der Waals surface area contributed by atoms with Crippen LogP contribution in [-0.4, -0.2) is 13.0 Å². The second kappa shape index (κ2) is 6.89. The lowest BCUT2D eigenvalue weighted by Crippen LogP contribution is -2.22. The van der Waals surface area contributed by atoms with E-state index in [2.05, 4.69) is 5.32 Å². The van der Waals surface area contributed by atoms with Crippen molar-refractivity contribution >= 4 is 23.2 Å². The van der Waals surface area contributed by atoms with E-state index in [1.54, 1.807) is 12.1 Å².